The Morgan fingerprint density at radius 3 is 2.58 bits per heavy atom. The van der Waals surface area contributed by atoms with Crippen LogP contribution in [0.5, 0.6) is 0 Å². The molecule has 0 aliphatic heterocycles. The fraction of sp³-hybridized carbons (Fsp3) is 0.300. The Hall–Kier alpha value is -2.89. The van der Waals surface area contributed by atoms with Crippen molar-refractivity contribution in [1.82, 2.24) is 20.6 Å². The fourth-order valence-corrected chi connectivity index (χ4v) is 2.92. The summed E-state index contributed by atoms with van der Waals surface area (Å²) in [5, 5.41) is 5.82. The highest BCUT2D eigenvalue weighted by Gasteiger charge is 2.18. The van der Waals surface area contributed by atoms with Gasteiger partial charge in [0.05, 0.1) is 17.1 Å². The molecule has 0 spiro atoms. The summed E-state index contributed by atoms with van der Waals surface area (Å²) >= 11 is 0. The van der Waals surface area contributed by atoms with Gasteiger partial charge in [0.1, 0.15) is 11.6 Å². The van der Waals surface area contributed by atoms with E-state index in [1.54, 1.807) is 12.1 Å². The molecule has 1 atom stereocenters. The molecule has 1 aromatic heterocycles. The van der Waals surface area contributed by atoms with Crippen LogP contribution in [-0.4, -0.2) is 22.5 Å². The predicted molar refractivity (Wildman–Crippen MR) is 100 cm³/mol. The molecule has 0 unspecified atom stereocenters. The van der Waals surface area contributed by atoms with Gasteiger partial charge >= 0.3 is 6.03 Å². The Bertz CT molecular complexity index is 840. The zero-order valence-electron chi connectivity index (χ0n) is 14.9. The minimum atomic E-state index is -0.286. The Labute approximate surface area is 152 Å². The summed E-state index contributed by atoms with van der Waals surface area (Å²) in [6.45, 7) is 4.51. The molecule has 1 heterocycles. The molecule has 136 valence electrons. The monoisotopic (exact) mass is 354 g/mol. The maximum Gasteiger partial charge on any atom is 0.315 e. The van der Waals surface area contributed by atoms with Crippen LogP contribution in [0, 0.1) is 11.7 Å². The van der Waals surface area contributed by atoms with Crippen LogP contribution in [0.2, 0.25) is 0 Å². The van der Waals surface area contributed by atoms with E-state index in [9.17, 15) is 9.18 Å². The Morgan fingerprint density at radius 2 is 1.88 bits per heavy atom. The number of amides is 2. The summed E-state index contributed by atoms with van der Waals surface area (Å²) in [6.07, 6.45) is 0.616. The number of nitrogens with zero attached hydrogens (tertiary/aromatic N) is 1. The molecule has 0 bridgehead atoms. The summed E-state index contributed by atoms with van der Waals surface area (Å²) in [7, 11) is 0. The lowest BCUT2D eigenvalue weighted by Crippen LogP contribution is -2.40. The molecule has 0 saturated carbocycles. The van der Waals surface area contributed by atoms with Gasteiger partial charge in [0.2, 0.25) is 0 Å². The molecule has 0 fully saturated rings. The molecule has 3 N–H and O–H groups in total. The zero-order chi connectivity index (χ0) is 18.5. The van der Waals surface area contributed by atoms with Crippen molar-refractivity contribution in [3.05, 3.63) is 65.7 Å². The molecule has 6 heteroatoms. The normalized spacial score (nSPS) is 12.3. The second-order valence-corrected chi connectivity index (χ2v) is 6.62. The van der Waals surface area contributed by atoms with E-state index in [4.69, 9.17) is 0 Å². The summed E-state index contributed by atoms with van der Waals surface area (Å²) in [5.74, 6) is 0.735. The van der Waals surface area contributed by atoms with Crippen molar-refractivity contribution in [1.29, 1.82) is 0 Å². The maximum atomic E-state index is 13.1. The van der Waals surface area contributed by atoms with E-state index in [1.807, 2.05) is 38.1 Å². The number of fused-ring (bicyclic) bond motifs is 1. The van der Waals surface area contributed by atoms with Crippen LogP contribution in [0.25, 0.3) is 11.0 Å². The van der Waals surface area contributed by atoms with Gasteiger partial charge in [-0.3, -0.25) is 0 Å². The van der Waals surface area contributed by atoms with Gasteiger partial charge in [-0.15, -0.1) is 0 Å². The van der Waals surface area contributed by atoms with Crippen molar-refractivity contribution in [2.75, 3.05) is 6.54 Å². The summed E-state index contributed by atoms with van der Waals surface area (Å²) < 4.78 is 13.1. The highest BCUT2D eigenvalue weighted by atomic mass is 19.1. The molecule has 26 heavy (non-hydrogen) atoms. The number of para-hydroxylation sites is 2. The average molecular weight is 354 g/mol. The SMILES string of the molecule is CC(C)[C@H](NC(=O)NCCc1nc2ccccc2[nH]1)c1ccc(F)cc1. The van der Waals surface area contributed by atoms with Crippen LogP contribution < -0.4 is 10.6 Å². The Kier molecular flexibility index (Phi) is 5.51. The molecular formula is C20H23FN4O. The Morgan fingerprint density at radius 1 is 1.15 bits per heavy atom. The van der Waals surface area contributed by atoms with Crippen LogP contribution in [0.15, 0.2) is 48.5 Å². The number of rotatable bonds is 6. The number of hydrogen-bond donors (Lipinski definition) is 3. The second-order valence-electron chi connectivity index (χ2n) is 6.62. The number of halogens is 1. The molecule has 5 nitrogen and oxygen atoms in total. The predicted octanol–water partition coefficient (Wildman–Crippen LogP) is 3.94. The van der Waals surface area contributed by atoms with Crippen LogP contribution in [0.4, 0.5) is 9.18 Å². The van der Waals surface area contributed by atoms with E-state index in [0.717, 1.165) is 22.4 Å². The molecule has 0 aliphatic carbocycles. The topological polar surface area (TPSA) is 69.8 Å². The zero-order valence-corrected chi connectivity index (χ0v) is 14.9. The molecule has 3 aromatic rings. The van der Waals surface area contributed by atoms with Crippen LogP contribution >= 0.6 is 0 Å². The van der Waals surface area contributed by atoms with Gasteiger partial charge in [-0.2, -0.15) is 0 Å². The maximum absolute atomic E-state index is 13.1. The minimum Gasteiger partial charge on any atom is -0.342 e. The van der Waals surface area contributed by atoms with Crippen molar-refractivity contribution in [3.63, 3.8) is 0 Å². The van der Waals surface area contributed by atoms with Gasteiger partial charge in [-0.25, -0.2) is 14.2 Å². The van der Waals surface area contributed by atoms with Gasteiger partial charge < -0.3 is 15.6 Å². The van der Waals surface area contributed by atoms with E-state index in [1.165, 1.54) is 12.1 Å². The number of carbonyl (C=O) groups excluding carboxylic acids is 1. The van der Waals surface area contributed by atoms with E-state index in [-0.39, 0.29) is 23.8 Å². The highest BCUT2D eigenvalue weighted by Crippen LogP contribution is 2.21. The number of urea groups is 1. The first-order valence-electron chi connectivity index (χ1n) is 8.76. The number of hydrogen-bond acceptors (Lipinski definition) is 2. The van der Waals surface area contributed by atoms with Gasteiger partial charge in [0.15, 0.2) is 0 Å². The first-order chi connectivity index (χ1) is 12.5. The van der Waals surface area contributed by atoms with E-state index in [2.05, 4.69) is 20.6 Å². The number of H-pyrrole nitrogens is 1. The van der Waals surface area contributed by atoms with E-state index in [0.29, 0.717) is 13.0 Å². The quantitative estimate of drug-likeness (QED) is 0.627. The number of nitrogens with one attached hydrogen (secondary N) is 3. The lowest BCUT2D eigenvalue weighted by atomic mass is 9.96. The second kappa shape index (κ2) is 7.99. The van der Waals surface area contributed by atoms with Crippen molar-refractivity contribution in [3.8, 4) is 0 Å². The van der Waals surface area contributed by atoms with Crippen molar-refractivity contribution >= 4 is 17.1 Å². The third-order valence-electron chi connectivity index (χ3n) is 4.27. The fourth-order valence-electron chi connectivity index (χ4n) is 2.92. The third-order valence-corrected chi connectivity index (χ3v) is 4.27. The minimum absolute atomic E-state index is 0.179. The summed E-state index contributed by atoms with van der Waals surface area (Å²) in [6, 6.07) is 13.6. The first-order valence-corrected chi connectivity index (χ1v) is 8.76. The molecular weight excluding hydrogens is 331 g/mol. The number of benzene rings is 2. The standard InChI is InChI=1S/C20H23FN4O/c1-13(2)19(14-7-9-15(21)10-8-14)25-20(26)22-12-11-18-23-16-5-3-4-6-17(16)24-18/h3-10,13,19H,11-12H2,1-2H3,(H,23,24)(H2,22,25,26)/t19-/m0/s1. The number of carbonyl (C=O) groups is 1. The lowest BCUT2D eigenvalue weighted by molar-refractivity contribution is 0.233. The molecule has 2 amide bonds. The van der Waals surface area contributed by atoms with Crippen molar-refractivity contribution in [2.45, 2.75) is 26.3 Å². The van der Waals surface area contributed by atoms with E-state index < -0.39 is 0 Å². The largest absolute Gasteiger partial charge is 0.342 e. The van der Waals surface area contributed by atoms with Gasteiger partial charge in [0.25, 0.3) is 0 Å². The molecule has 3 rings (SSSR count). The number of aromatic nitrogens is 2. The van der Waals surface area contributed by atoms with Crippen LogP contribution in [-0.2, 0) is 6.42 Å². The summed E-state index contributed by atoms with van der Waals surface area (Å²) in [4.78, 5) is 20.0. The highest BCUT2D eigenvalue weighted by molar-refractivity contribution is 5.75. The lowest BCUT2D eigenvalue weighted by Gasteiger charge is -2.23. The third kappa shape index (κ3) is 4.39. The van der Waals surface area contributed by atoms with E-state index >= 15 is 0 Å². The van der Waals surface area contributed by atoms with Crippen LogP contribution in [0.1, 0.15) is 31.3 Å². The molecule has 2 aromatic carbocycles. The number of imidazole rings is 1. The molecule has 0 saturated heterocycles. The van der Waals surface area contributed by atoms with Gasteiger partial charge in [-0.1, -0.05) is 38.1 Å². The van der Waals surface area contributed by atoms with Gasteiger partial charge in [-0.05, 0) is 35.7 Å². The van der Waals surface area contributed by atoms with Gasteiger partial charge in [0, 0.05) is 13.0 Å². The summed E-state index contributed by atoms with van der Waals surface area (Å²) in [5.41, 5.74) is 2.79. The van der Waals surface area contributed by atoms with Crippen molar-refractivity contribution < 1.29 is 9.18 Å². The number of aromatic amines is 1. The average Bonchev–Trinajstić information content (AvgIpc) is 3.03. The smallest absolute Gasteiger partial charge is 0.315 e. The molecule has 0 aliphatic rings. The first kappa shape index (κ1) is 17.9. The molecule has 0 radical (unpaired) electrons. The Balaban J connectivity index is 1.54. The van der Waals surface area contributed by atoms with Crippen LogP contribution in [0.3, 0.4) is 0 Å². The van der Waals surface area contributed by atoms with Crippen molar-refractivity contribution in [2.24, 2.45) is 5.92 Å².